The molecule has 0 saturated carbocycles. The molecule has 21 heavy (non-hydrogen) atoms. The molecule has 1 unspecified atom stereocenters. The largest absolute Gasteiger partial charge is 0.466 e. The summed E-state index contributed by atoms with van der Waals surface area (Å²) in [4.78, 5) is 0. The number of hydrogen-bond donors (Lipinski definition) is 2. The lowest BCUT2D eigenvalue weighted by Gasteiger charge is -2.07. The first-order chi connectivity index (χ1) is 10.2. The van der Waals surface area contributed by atoms with E-state index in [0.717, 1.165) is 24.0 Å². The summed E-state index contributed by atoms with van der Waals surface area (Å²) in [5.41, 5.74) is 8.40. The third kappa shape index (κ3) is 2.40. The number of fused-ring (bicyclic) bond motifs is 1. The lowest BCUT2D eigenvalue weighted by Crippen LogP contribution is -2.39. The van der Waals surface area contributed by atoms with Crippen LogP contribution < -0.4 is 10.3 Å². The zero-order valence-electron chi connectivity index (χ0n) is 12.1. The lowest BCUT2D eigenvalue weighted by molar-refractivity contribution is -0.666. The van der Waals surface area contributed by atoms with Crippen LogP contribution in [0.15, 0.2) is 47.1 Å². The molecule has 2 heterocycles. The van der Waals surface area contributed by atoms with Gasteiger partial charge >= 0.3 is 5.95 Å². The minimum Gasteiger partial charge on any atom is -0.466 e. The topological polar surface area (TPSA) is 68.2 Å². The number of aliphatic hydroxyl groups is 1. The van der Waals surface area contributed by atoms with E-state index in [0.29, 0.717) is 18.3 Å². The van der Waals surface area contributed by atoms with Crippen molar-refractivity contribution in [2.45, 2.75) is 32.5 Å². The molecule has 5 heteroatoms. The number of furan rings is 1. The number of aryl methyl sites for hydroxylation is 1. The van der Waals surface area contributed by atoms with E-state index < -0.39 is 6.10 Å². The molecule has 0 amide bonds. The van der Waals surface area contributed by atoms with Gasteiger partial charge in [-0.1, -0.05) is 19.1 Å². The molecule has 0 radical (unpaired) electrons. The van der Waals surface area contributed by atoms with Crippen LogP contribution in [-0.2, 0) is 13.1 Å². The van der Waals surface area contributed by atoms with E-state index in [2.05, 4.69) is 17.6 Å². The standard InChI is InChI=1S/C16H19N3O2/c1-2-9-18-12-6-3-4-7-13(12)19(16(18)17)11-14(20)15-8-5-10-21-15/h3-8,10,14,17,20H,2,9,11H2,1H3/p+1. The molecule has 0 bridgehead atoms. The fourth-order valence-corrected chi connectivity index (χ4v) is 2.71. The monoisotopic (exact) mass is 286 g/mol. The number of hydrogen-bond acceptors (Lipinski definition) is 3. The molecule has 3 N–H and O–H groups in total. The second-order valence-corrected chi connectivity index (χ2v) is 5.14. The molecule has 0 fully saturated rings. The molecular formula is C16H20N3O2+. The van der Waals surface area contributed by atoms with Gasteiger partial charge in [0.05, 0.1) is 12.8 Å². The smallest absolute Gasteiger partial charge is 0.356 e. The van der Waals surface area contributed by atoms with E-state index in [1.807, 2.05) is 22.8 Å². The highest BCUT2D eigenvalue weighted by Crippen LogP contribution is 2.19. The summed E-state index contributed by atoms with van der Waals surface area (Å²) >= 11 is 0. The third-order valence-electron chi connectivity index (χ3n) is 3.69. The van der Waals surface area contributed by atoms with Gasteiger partial charge in [-0.15, -0.1) is 0 Å². The average molecular weight is 286 g/mol. The lowest BCUT2D eigenvalue weighted by atomic mass is 10.2. The highest BCUT2D eigenvalue weighted by molar-refractivity contribution is 5.73. The molecule has 0 saturated heterocycles. The van der Waals surface area contributed by atoms with Crippen molar-refractivity contribution in [1.82, 2.24) is 4.57 Å². The molecule has 1 aromatic carbocycles. The number of benzene rings is 1. The first kappa shape index (κ1) is 13.7. The maximum atomic E-state index is 10.3. The fourth-order valence-electron chi connectivity index (χ4n) is 2.71. The van der Waals surface area contributed by atoms with Crippen LogP contribution >= 0.6 is 0 Å². The molecule has 0 aliphatic heterocycles. The Bertz CT molecular complexity index is 731. The summed E-state index contributed by atoms with van der Waals surface area (Å²) in [5, 5.41) is 10.3. The number of nitrogen functional groups attached to an aromatic ring is 1. The Kier molecular flexibility index (Phi) is 3.66. The van der Waals surface area contributed by atoms with E-state index in [1.54, 1.807) is 18.4 Å². The number of nitrogens with two attached hydrogens (primary N) is 1. The molecule has 0 aliphatic carbocycles. The van der Waals surface area contributed by atoms with E-state index in [9.17, 15) is 5.11 Å². The number of imidazole rings is 1. The van der Waals surface area contributed by atoms with E-state index in [1.165, 1.54) is 0 Å². The minimum atomic E-state index is -0.715. The normalized spacial score (nSPS) is 12.9. The van der Waals surface area contributed by atoms with Gasteiger partial charge in [0.1, 0.15) is 29.4 Å². The molecule has 2 aromatic heterocycles. The summed E-state index contributed by atoms with van der Waals surface area (Å²) in [6, 6.07) is 11.6. The summed E-state index contributed by atoms with van der Waals surface area (Å²) in [6.07, 6.45) is 1.85. The minimum absolute atomic E-state index is 0.372. The molecule has 0 spiro atoms. The SMILES string of the molecule is CCCn1c(N)[n+](CC(O)c2ccco2)c2ccccc21. The Balaban J connectivity index is 2.03. The van der Waals surface area contributed by atoms with Gasteiger partial charge < -0.3 is 9.52 Å². The quantitative estimate of drug-likeness (QED) is 0.707. The van der Waals surface area contributed by atoms with E-state index >= 15 is 0 Å². The Morgan fingerprint density at radius 3 is 2.81 bits per heavy atom. The molecule has 5 nitrogen and oxygen atoms in total. The summed E-state index contributed by atoms with van der Waals surface area (Å²) in [6.45, 7) is 3.35. The van der Waals surface area contributed by atoms with E-state index in [-0.39, 0.29) is 0 Å². The van der Waals surface area contributed by atoms with Crippen LogP contribution in [0.25, 0.3) is 11.0 Å². The van der Waals surface area contributed by atoms with Crippen molar-refractivity contribution >= 4 is 17.0 Å². The van der Waals surface area contributed by atoms with Gasteiger partial charge in [0.15, 0.2) is 0 Å². The summed E-state index contributed by atoms with van der Waals surface area (Å²) in [5.74, 6) is 1.21. The number of para-hydroxylation sites is 2. The molecule has 1 atom stereocenters. The Morgan fingerprint density at radius 2 is 2.10 bits per heavy atom. The molecular weight excluding hydrogens is 266 g/mol. The zero-order chi connectivity index (χ0) is 14.8. The van der Waals surface area contributed by atoms with Gasteiger partial charge in [-0.05, 0) is 30.7 Å². The van der Waals surface area contributed by atoms with Gasteiger partial charge in [0.25, 0.3) is 0 Å². The highest BCUT2D eigenvalue weighted by Gasteiger charge is 2.23. The van der Waals surface area contributed by atoms with Crippen LogP contribution in [-0.4, -0.2) is 9.67 Å². The third-order valence-corrected chi connectivity index (χ3v) is 3.69. The number of anilines is 1. The molecule has 3 aromatic rings. The Hall–Kier alpha value is -2.27. The van der Waals surface area contributed by atoms with Crippen molar-refractivity contribution in [3.05, 3.63) is 48.4 Å². The first-order valence-electron chi connectivity index (χ1n) is 7.20. The maximum absolute atomic E-state index is 10.3. The van der Waals surface area contributed by atoms with Crippen LogP contribution in [0.5, 0.6) is 0 Å². The van der Waals surface area contributed by atoms with Crippen molar-refractivity contribution in [3.8, 4) is 0 Å². The van der Waals surface area contributed by atoms with Crippen molar-refractivity contribution in [2.75, 3.05) is 5.73 Å². The number of aromatic nitrogens is 2. The number of rotatable bonds is 5. The second kappa shape index (κ2) is 5.61. The fraction of sp³-hybridized carbons (Fsp3) is 0.312. The van der Waals surface area contributed by atoms with Crippen LogP contribution in [0.2, 0.25) is 0 Å². The number of aliphatic hydroxyl groups excluding tert-OH is 1. The molecule has 0 aliphatic rings. The van der Waals surface area contributed by atoms with Crippen molar-refractivity contribution in [1.29, 1.82) is 0 Å². The molecule has 3 rings (SSSR count). The first-order valence-corrected chi connectivity index (χ1v) is 7.20. The van der Waals surface area contributed by atoms with Crippen molar-refractivity contribution in [3.63, 3.8) is 0 Å². The second-order valence-electron chi connectivity index (χ2n) is 5.14. The average Bonchev–Trinajstić information content (AvgIpc) is 3.11. The van der Waals surface area contributed by atoms with Gasteiger partial charge in [-0.2, -0.15) is 0 Å². The maximum Gasteiger partial charge on any atom is 0.356 e. The highest BCUT2D eigenvalue weighted by atomic mass is 16.4. The van der Waals surface area contributed by atoms with Gasteiger partial charge in [-0.3, -0.25) is 5.73 Å². The number of nitrogens with zero attached hydrogens (tertiary/aromatic N) is 2. The molecule has 110 valence electrons. The van der Waals surface area contributed by atoms with Gasteiger partial charge in [-0.25, -0.2) is 9.13 Å². The van der Waals surface area contributed by atoms with Crippen LogP contribution in [0, 0.1) is 0 Å². The van der Waals surface area contributed by atoms with Crippen LogP contribution in [0.3, 0.4) is 0 Å². The van der Waals surface area contributed by atoms with Crippen LogP contribution in [0.1, 0.15) is 25.2 Å². The van der Waals surface area contributed by atoms with Crippen molar-refractivity contribution < 1.29 is 14.1 Å². The zero-order valence-corrected chi connectivity index (χ0v) is 12.1. The van der Waals surface area contributed by atoms with E-state index in [4.69, 9.17) is 10.2 Å². The predicted octanol–water partition coefficient (Wildman–Crippen LogP) is 2.25. The van der Waals surface area contributed by atoms with Gasteiger partial charge in [0.2, 0.25) is 0 Å². The van der Waals surface area contributed by atoms with Gasteiger partial charge in [0, 0.05) is 0 Å². The Labute approximate surface area is 123 Å². The van der Waals surface area contributed by atoms with Crippen LogP contribution in [0.4, 0.5) is 5.95 Å². The van der Waals surface area contributed by atoms with Crippen molar-refractivity contribution in [2.24, 2.45) is 0 Å². The summed E-state index contributed by atoms with van der Waals surface area (Å²) in [7, 11) is 0. The predicted molar refractivity (Wildman–Crippen MR) is 80.5 cm³/mol. The summed E-state index contributed by atoms with van der Waals surface area (Å²) < 4.78 is 9.29. The Morgan fingerprint density at radius 1 is 1.29 bits per heavy atom.